The Kier molecular flexibility index (Phi) is 3.15. The van der Waals surface area contributed by atoms with E-state index in [1.54, 1.807) is 11.8 Å². The van der Waals surface area contributed by atoms with Crippen molar-refractivity contribution in [1.29, 1.82) is 0 Å². The molecular formula is C11H17N3O3. The van der Waals surface area contributed by atoms with E-state index in [-0.39, 0.29) is 30.2 Å². The van der Waals surface area contributed by atoms with E-state index >= 15 is 0 Å². The lowest BCUT2D eigenvalue weighted by molar-refractivity contribution is -0.138. The molecule has 0 spiro atoms. The van der Waals surface area contributed by atoms with Crippen LogP contribution in [0.1, 0.15) is 13.3 Å². The summed E-state index contributed by atoms with van der Waals surface area (Å²) < 4.78 is 0. The number of amides is 3. The third kappa shape index (κ3) is 2.17. The molecule has 2 aliphatic heterocycles. The molecule has 3 amide bonds. The number of hydrogen-bond donors (Lipinski definition) is 0. The minimum Gasteiger partial charge on any atom is -0.340 e. The van der Waals surface area contributed by atoms with Gasteiger partial charge in [0.15, 0.2) is 0 Å². The first-order chi connectivity index (χ1) is 8.00. The molecule has 2 aliphatic rings. The van der Waals surface area contributed by atoms with Gasteiger partial charge in [-0.1, -0.05) is 0 Å². The van der Waals surface area contributed by atoms with Gasteiger partial charge < -0.3 is 4.90 Å². The van der Waals surface area contributed by atoms with Crippen molar-refractivity contribution in [3.05, 3.63) is 0 Å². The summed E-state index contributed by atoms with van der Waals surface area (Å²) in [5.41, 5.74) is 0. The summed E-state index contributed by atoms with van der Waals surface area (Å²) in [4.78, 5) is 39.4. The number of likely N-dealkylation sites (tertiary alicyclic amines) is 1. The third-order valence-corrected chi connectivity index (χ3v) is 3.56. The van der Waals surface area contributed by atoms with Gasteiger partial charge in [0, 0.05) is 40.2 Å². The van der Waals surface area contributed by atoms with Crippen LogP contribution in [0, 0.1) is 0 Å². The molecule has 6 heteroatoms. The molecule has 0 aromatic heterocycles. The Morgan fingerprint density at radius 1 is 1.18 bits per heavy atom. The fraction of sp³-hybridized carbons (Fsp3) is 0.727. The molecule has 94 valence electrons. The molecule has 2 rings (SSSR count). The van der Waals surface area contributed by atoms with E-state index in [1.165, 1.54) is 11.9 Å². The molecule has 2 saturated heterocycles. The molecule has 17 heavy (non-hydrogen) atoms. The molecule has 0 N–H and O–H groups in total. The van der Waals surface area contributed by atoms with Crippen molar-refractivity contribution in [3.63, 3.8) is 0 Å². The zero-order valence-electron chi connectivity index (χ0n) is 10.2. The highest BCUT2D eigenvalue weighted by Crippen LogP contribution is 2.18. The largest absolute Gasteiger partial charge is 0.340 e. The van der Waals surface area contributed by atoms with Crippen LogP contribution in [-0.2, 0) is 14.4 Å². The van der Waals surface area contributed by atoms with E-state index in [0.717, 1.165) is 0 Å². The van der Waals surface area contributed by atoms with Crippen molar-refractivity contribution in [2.24, 2.45) is 0 Å². The average molecular weight is 239 g/mol. The second-order valence-corrected chi connectivity index (χ2v) is 4.55. The summed E-state index contributed by atoms with van der Waals surface area (Å²) in [6, 6.07) is -0.318. The number of piperazine rings is 1. The van der Waals surface area contributed by atoms with Gasteiger partial charge in [0.1, 0.15) is 0 Å². The first-order valence-electron chi connectivity index (χ1n) is 5.80. The molecule has 1 unspecified atom stereocenters. The smallest absolute Gasteiger partial charge is 0.246 e. The molecule has 0 aromatic rings. The average Bonchev–Trinajstić information content (AvgIpc) is 2.57. The zero-order valence-corrected chi connectivity index (χ0v) is 10.2. The maximum Gasteiger partial charge on any atom is 0.246 e. The molecule has 0 bridgehead atoms. The number of carbonyl (C=O) groups excluding carboxylic acids is 3. The Labute approximate surface area is 100 Å². The Balaban J connectivity index is 1.96. The Bertz CT molecular complexity index is 361. The highest BCUT2D eigenvalue weighted by molar-refractivity contribution is 6.05. The molecule has 6 nitrogen and oxygen atoms in total. The van der Waals surface area contributed by atoms with Gasteiger partial charge in [0.2, 0.25) is 17.7 Å². The fourth-order valence-electron chi connectivity index (χ4n) is 2.37. The lowest BCUT2D eigenvalue weighted by Gasteiger charge is -2.36. The van der Waals surface area contributed by atoms with E-state index in [0.29, 0.717) is 26.2 Å². The van der Waals surface area contributed by atoms with Crippen molar-refractivity contribution in [3.8, 4) is 0 Å². The number of rotatable bonds is 1. The quantitative estimate of drug-likeness (QED) is 0.545. The van der Waals surface area contributed by atoms with Crippen LogP contribution in [0.15, 0.2) is 0 Å². The highest BCUT2D eigenvalue weighted by atomic mass is 16.2. The maximum atomic E-state index is 11.8. The molecule has 0 aromatic carbocycles. The summed E-state index contributed by atoms with van der Waals surface area (Å²) in [5, 5.41) is 0. The second kappa shape index (κ2) is 4.44. The Hall–Kier alpha value is -1.43. The van der Waals surface area contributed by atoms with Crippen LogP contribution in [0.2, 0.25) is 0 Å². The normalized spacial score (nSPS) is 26.8. The summed E-state index contributed by atoms with van der Waals surface area (Å²) in [6.45, 7) is 4.15. The molecule has 0 saturated carbocycles. The predicted octanol–water partition coefficient (Wildman–Crippen LogP) is -1.09. The van der Waals surface area contributed by atoms with Gasteiger partial charge in [0.05, 0.1) is 12.5 Å². The second-order valence-electron chi connectivity index (χ2n) is 4.55. The van der Waals surface area contributed by atoms with E-state index in [2.05, 4.69) is 0 Å². The maximum absolute atomic E-state index is 11.8. The molecule has 0 aliphatic carbocycles. The van der Waals surface area contributed by atoms with Crippen molar-refractivity contribution in [2.75, 3.05) is 33.2 Å². The zero-order chi connectivity index (χ0) is 12.6. The number of imide groups is 1. The summed E-state index contributed by atoms with van der Waals surface area (Å²) in [7, 11) is 1.52. The molecule has 0 radical (unpaired) electrons. The van der Waals surface area contributed by atoms with Gasteiger partial charge in [-0.05, 0) is 0 Å². The van der Waals surface area contributed by atoms with Crippen molar-refractivity contribution in [1.82, 2.24) is 14.7 Å². The van der Waals surface area contributed by atoms with E-state index in [4.69, 9.17) is 0 Å². The standard InChI is InChI=1S/C11H17N3O3/c1-8(15)13-3-5-14(6-4-13)9-7-10(16)12(2)11(9)17/h9H,3-7H2,1-2H3. The van der Waals surface area contributed by atoms with Gasteiger partial charge in [-0.3, -0.25) is 24.2 Å². The monoisotopic (exact) mass is 239 g/mol. The Morgan fingerprint density at radius 2 is 1.76 bits per heavy atom. The van der Waals surface area contributed by atoms with Gasteiger partial charge in [-0.25, -0.2) is 0 Å². The van der Waals surface area contributed by atoms with Crippen LogP contribution >= 0.6 is 0 Å². The number of likely N-dealkylation sites (N-methyl/N-ethyl adjacent to an activating group) is 1. The number of nitrogens with zero attached hydrogens (tertiary/aromatic N) is 3. The van der Waals surface area contributed by atoms with E-state index in [1.807, 2.05) is 4.90 Å². The van der Waals surface area contributed by atoms with Crippen LogP contribution in [0.3, 0.4) is 0 Å². The van der Waals surface area contributed by atoms with Gasteiger partial charge >= 0.3 is 0 Å². The fourth-order valence-corrected chi connectivity index (χ4v) is 2.37. The van der Waals surface area contributed by atoms with Crippen LogP contribution in [0.4, 0.5) is 0 Å². The summed E-state index contributed by atoms with van der Waals surface area (Å²) in [6.07, 6.45) is 0.273. The highest BCUT2D eigenvalue weighted by Gasteiger charge is 2.40. The molecule has 2 fully saturated rings. The van der Waals surface area contributed by atoms with Crippen LogP contribution in [-0.4, -0.2) is 71.7 Å². The van der Waals surface area contributed by atoms with Crippen molar-refractivity contribution < 1.29 is 14.4 Å². The predicted molar refractivity (Wildman–Crippen MR) is 60.0 cm³/mol. The van der Waals surface area contributed by atoms with Crippen LogP contribution in [0.5, 0.6) is 0 Å². The van der Waals surface area contributed by atoms with Gasteiger partial charge in [-0.15, -0.1) is 0 Å². The topological polar surface area (TPSA) is 60.9 Å². The minimum absolute atomic E-state index is 0.0654. The first-order valence-corrected chi connectivity index (χ1v) is 5.80. The lowest BCUT2D eigenvalue weighted by atomic mass is 10.2. The summed E-state index contributed by atoms with van der Waals surface area (Å²) in [5.74, 6) is -0.170. The number of hydrogen-bond acceptors (Lipinski definition) is 4. The molecule has 1 atom stereocenters. The van der Waals surface area contributed by atoms with Crippen LogP contribution < -0.4 is 0 Å². The Morgan fingerprint density at radius 3 is 2.18 bits per heavy atom. The van der Waals surface area contributed by atoms with Crippen molar-refractivity contribution in [2.45, 2.75) is 19.4 Å². The summed E-state index contributed by atoms with van der Waals surface area (Å²) >= 11 is 0. The lowest BCUT2D eigenvalue weighted by Crippen LogP contribution is -2.53. The first kappa shape index (κ1) is 12.0. The van der Waals surface area contributed by atoms with Gasteiger partial charge in [-0.2, -0.15) is 0 Å². The van der Waals surface area contributed by atoms with Crippen LogP contribution in [0.25, 0.3) is 0 Å². The molecular weight excluding hydrogens is 222 g/mol. The van der Waals surface area contributed by atoms with E-state index < -0.39 is 0 Å². The van der Waals surface area contributed by atoms with Gasteiger partial charge in [0.25, 0.3) is 0 Å². The van der Waals surface area contributed by atoms with Crippen molar-refractivity contribution >= 4 is 17.7 Å². The minimum atomic E-state index is -0.318. The SMILES string of the molecule is CC(=O)N1CCN(C2CC(=O)N(C)C2=O)CC1. The number of carbonyl (C=O) groups is 3. The third-order valence-electron chi connectivity index (χ3n) is 3.56. The van der Waals surface area contributed by atoms with E-state index in [9.17, 15) is 14.4 Å². The molecule has 2 heterocycles.